The summed E-state index contributed by atoms with van der Waals surface area (Å²) < 4.78 is 11.4. The summed E-state index contributed by atoms with van der Waals surface area (Å²) in [7, 11) is 0. The molecule has 2 heterocycles. The summed E-state index contributed by atoms with van der Waals surface area (Å²) in [5.74, 6) is -0.0182. The highest BCUT2D eigenvalue weighted by molar-refractivity contribution is 5.91. The molecule has 0 bridgehead atoms. The third-order valence-corrected chi connectivity index (χ3v) is 4.67. The lowest BCUT2D eigenvalue weighted by Gasteiger charge is -2.26. The molecule has 0 N–H and O–H groups in total. The van der Waals surface area contributed by atoms with Crippen LogP contribution >= 0.6 is 0 Å². The molecule has 1 aromatic rings. The summed E-state index contributed by atoms with van der Waals surface area (Å²) >= 11 is 0. The van der Waals surface area contributed by atoms with Gasteiger partial charge in [-0.1, -0.05) is 12.1 Å². The molecule has 1 amide bonds. The van der Waals surface area contributed by atoms with E-state index in [0.29, 0.717) is 18.7 Å². The van der Waals surface area contributed by atoms with Gasteiger partial charge in [0.2, 0.25) is 5.91 Å². The van der Waals surface area contributed by atoms with Crippen LogP contribution in [0.1, 0.15) is 36.8 Å². The van der Waals surface area contributed by atoms with Gasteiger partial charge < -0.3 is 14.4 Å². The van der Waals surface area contributed by atoms with Gasteiger partial charge in [0.05, 0.1) is 23.8 Å². The number of benzene rings is 1. The van der Waals surface area contributed by atoms with Crippen molar-refractivity contribution in [2.45, 2.75) is 37.9 Å². The molecule has 0 aromatic heterocycles. The zero-order valence-electron chi connectivity index (χ0n) is 14.4. The van der Waals surface area contributed by atoms with Crippen LogP contribution in [0.2, 0.25) is 0 Å². The van der Waals surface area contributed by atoms with E-state index in [0.717, 1.165) is 44.5 Å². The van der Waals surface area contributed by atoms with Gasteiger partial charge in [0.1, 0.15) is 0 Å². The SMILES string of the molecule is N#Cc1ccc(/C=C\C(=O)N(C[C@H]2CCCO2)C[C@@H]2CCCO2)cc1. The van der Waals surface area contributed by atoms with Gasteiger partial charge in [0, 0.05) is 32.4 Å². The lowest BCUT2D eigenvalue weighted by molar-refractivity contribution is -0.129. The first kappa shape index (κ1) is 17.7. The Balaban J connectivity index is 1.63. The molecule has 5 heteroatoms. The highest BCUT2D eigenvalue weighted by Gasteiger charge is 2.25. The molecule has 2 atom stereocenters. The Bertz CT molecular complexity index is 618. The van der Waals surface area contributed by atoms with Crippen molar-refractivity contribution in [3.63, 3.8) is 0 Å². The molecular weight excluding hydrogens is 316 g/mol. The average molecular weight is 340 g/mol. The predicted molar refractivity (Wildman–Crippen MR) is 94.7 cm³/mol. The van der Waals surface area contributed by atoms with Crippen LogP contribution in [-0.2, 0) is 14.3 Å². The Hall–Kier alpha value is -2.16. The van der Waals surface area contributed by atoms with Gasteiger partial charge in [0.25, 0.3) is 0 Å². The zero-order chi connectivity index (χ0) is 17.5. The quantitative estimate of drug-likeness (QED) is 0.747. The third kappa shape index (κ3) is 5.15. The topological polar surface area (TPSA) is 62.6 Å². The van der Waals surface area contributed by atoms with Gasteiger partial charge in [-0.2, -0.15) is 5.26 Å². The Kier molecular flexibility index (Phi) is 6.21. The van der Waals surface area contributed by atoms with E-state index >= 15 is 0 Å². The fourth-order valence-electron chi connectivity index (χ4n) is 3.26. The van der Waals surface area contributed by atoms with E-state index in [4.69, 9.17) is 14.7 Å². The molecule has 2 saturated heterocycles. The zero-order valence-corrected chi connectivity index (χ0v) is 14.4. The summed E-state index contributed by atoms with van der Waals surface area (Å²) in [6, 6.07) is 9.27. The molecule has 0 saturated carbocycles. The van der Waals surface area contributed by atoms with Gasteiger partial charge >= 0.3 is 0 Å². The summed E-state index contributed by atoms with van der Waals surface area (Å²) in [6.45, 7) is 2.81. The average Bonchev–Trinajstić information content (AvgIpc) is 3.33. The number of amides is 1. The van der Waals surface area contributed by atoms with Crippen LogP contribution in [0.3, 0.4) is 0 Å². The summed E-state index contributed by atoms with van der Waals surface area (Å²) in [6.07, 6.45) is 7.81. The normalized spacial score (nSPS) is 23.0. The minimum atomic E-state index is -0.0182. The number of hydrogen-bond acceptors (Lipinski definition) is 4. The first-order valence-corrected chi connectivity index (χ1v) is 8.95. The molecule has 25 heavy (non-hydrogen) atoms. The molecule has 2 aliphatic rings. The van der Waals surface area contributed by atoms with Gasteiger partial charge in [-0.25, -0.2) is 0 Å². The fourth-order valence-corrected chi connectivity index (χ4v) is 3.26. The molecule has 2 fully saturated rings. The van der Waals surface area contributed by atoms with Crippen LogP contribution in [0.4, 0.5) is 0 Å². The van der Waals surface area contributed by atoms with Gasteiger partial charge in [-0.05, 0) is 49.5 Å². The molecule has 132 valence electrons. The van der Waals surface area contributed by atoms with Crippen molar-refractivity contribution < 1.29 is 14.3 Å². The molecule has 0 aliphatic carbocycles. The van der Waals surface area contributed by atoms with Crippen LogP contribution in [0.5, 0.6) is 0 Å². The lowest BCUT2D eigenvalue weighted by atomic mass is 10.1. The summed E-state index contributed by atoms with van der Waals surface area (Å²) in [5.41, 5.74) is 1.52. The Morgan fingerprint density at radius 3 is 2.20 bits per heavy atom. The number of carbonyl (C=O) groups excluding carboxylic acids is 1. The number of rotatable bonds is 6. The van der Waals surface area contributed by atoms with E-state index in [2.05, 4.69) is 6.07 Å². The summed E-state index contributed by atoms with van der Waals surface area (Å²) in [4.78, 5) is 14.5. The molecule has 0 unspecified atom stereocenters. The minimum absolute atomic E-state index is 0.0182. The van der Waals surface area contributed by atoms with Crippen molar-refractivity contribution in [1.82, 2.24) is 4.90 Å². The van der Waals surface area contributed by atoms with E-state index in [1.165, 1.54) is 0 Å². The number of nitriles is 1. The smallest absolute Gasteiger partial charge is 0.246 e. The minimum Gasteiger partial charge on any atom is -0.376 e. The monoisotopic (exact) mass is 340 g/mol. The van der Waals surface area contributed by atoms with Gasteiger partial charge in [-0.15, -0.1) is 0 Å². The van der Waals surface area contributed by atoms with Crippen molar-refractivity contribution >= 4 is 12.0 Å². The molecule has 0 spiro atoms. The van der Waals surface area contributed by atoms with Crippen LogP contribution in [0.25, 0.3) is 6.08 Å². The van der Waals surface area contributed by atoms with E-state index in [-0.39, 0.29) is 18.1 Å². The van der Waals surface area contributed by atoms with Crippen molar-refractivity contribution in [2.24, 2.45) is 0 Å². The Morgan fingerprint density at radius 2 is 1.72 bits per heavy atom. The Labute approximate surface area is 148 Å². The Morgan fingerprint density at radius 1 is 1.12 bits per heavy atom. The highest BCUT2D eigenvalue weighted by atomic mass is 16.5. The molecule has 2 aliphatic heterocycles. The standard InChI is InChI=1S/C20H24N2O3/c21-13-17-7-5-16(6-8-17)9-10-20(23)22(14-18-3-1-11-24-18)15-19-4-2-12-25-19/h5-10,18-19H,1-4,11-12,14-15H2/b10-9-/t18-,19+. The van der Waals surface area contributed by atoms with E-state index in [1.54, 1.807) is 24.3 Å². The van der Waals surface area contributed by atoms with Crippen molar-refractivity contribution in [3.8, 4) is 6.07 Å². The lowest BCUT2D eigenvalue weighted by Crippen LogP contribution is -2.41. The number of nitrogens with zero attached hydrogens (tertiary/aromatic N) is 2. The first-order chi connectivity index (χ1) is 12.2. The second-order valence-electron chi connectivity index (χ2n) is 6.58. The van der Waals surface area contributed by atoms with E-state index < -0.39 is 0 Å². The van der Waals surface area contributed by atoms with Crippen LogP contribution in [0.15, 0.2) is 30.3 Å². The van der Waals surface area contributed by atoms with Crippen LogP contribution in [0, 0.1) is 11.3 Å². The molecule has 3 rings (SSSR count). The predicted octanol–water partition coefficient (Wildman–Crippen LogP) is 2.76. The maximum absolute atomic E-state index is 12.7. The maximum atomic E-state index is 12.7. The molecule has 5 nitrogen and oxygen atoms in total. The maximum Gasteiger partial charge on any atom is 0.246 e. The number of carbonyl (C=O) groups is 1. The fraction of sp³-hybridized carbons (Fsp3) is 0.500. The second-order valence-corrected chi connectivity index (χ2v) is 6.58. The number of ether oxygens (including phenoxy) is 2. The van der Waals surface area contributed by atoms with Crippen LogP contribution < -0.4 is 0 Å². The largest absolute Gasteiger partial charge is 0.376 e. The molecule has 1 aromatic carbocycles. The number of hydrogen-bond donors (Lipinski definition) is 0. The van der Waals surface area contributed by atoms with Crippen molar-refractivity contribution in [2.75, 3.05) is 26.3 Å². The van der Waals surface area contributed by atoms with E-state index in [9.17, 15) is 4.79 Å². The second kappa shape index (κ2) is 8.80. The van der Waals surface area contributed by atoms with Gasteiger partial charge in [-0.3, -0.25) is 4.79 Å². The van der Waals surface area contributed by atoms with Gasteiger partial charge in [0.15, 0.2) is 0 Å². The third-order valence-electron chi connectivity index (χ3n) is 4.67. The van der Waals surface area contributed by atoms with E-state index in [1.807, 2.05) is 17.0 Å². The first-order valence-electron chi connectivity index (χ1n) is 8.95. The summed E-state index contributed by atoms with van der Waals surface area (Å²) in [5, 5.41) is 8.84. The highest BCUT2D eigenvalue weighted by Crippen LogP contribution is 2.18. The van der Waals surface area contributed by atoms with Crippen molar-refractivity contribution in [1.29, 1.82) is 5.26 Å². The molecular formula is C20H24N2O3. The van der Waals surface area contributed by atoms with Crippen LogP contribution in [-0.4, -0.2) is 49.3 Å². The van der Waals surface area contributed by atoms with Crippen molar-refractivity contribution in [3.05, 3.63) is 41.5 Å². The molecule has 0 radical (unpaired) electrons.